The number of nitrogens with zero attached hydrogens (tertiary/aromatic N) is 2. The molecule has 3 rings (SSSR count). The molecule has 0 N–H and O–H groups in total. The van der Waals surface area contributed by atoms with Crippen molar-refractivity contribution < 1.29 is 14.1 Å². The molecule has 3 aromatic rings. The number of aromatic nitrogens is 2. The molecule has 0 amide bonds. The smallest absolute Gasteiger partial charge is 0.341 e. The summed E-state index contributed by atoms with van der Waals surface area (Å²) >= 11 is 17.5. The zero-order valence-corrected chi connectivity index (χ0v) is 14.3. The fraction of sp³-hybridized carbons (Fsp3) is 0.0625. The van der Waals surface area contributed by atoms with Crippen LogP contribution in [0.4, 0.5) is 0 Å². The van der Waals surface area contributed by atoms with E-state index in [2.05, 4.69) is 10.1 Å². The third kappa shape index (κ3) is 3.87. The second-order valence-corrected chi connectivity index (χ2v) is 5.98. The van der Waals surface area contributed by atoms with Gasteiger partial charge in [0.25, 0.3) is 0 Å². The molecule has 0 radical (unpaired) electrons. The van der Waals surface area contributed by atoms with Gasteiger partial charge in [0.1, 0.15) is 10.8 Å². The zero-order chi connectivity index (χ0) is 17.1. The summed E-state index contributed by atoms with van der Waals surface area (Å²) in [6, 6.07) is 10.2. The van der Waals surface area contributed by atoms with Crippen LogP contribution in [0.5, 0.6) is 0 Å². The lowest BCUT2D eigenvalue weighted by Gasteiger charge is -2.04. The molecule has 0 atom stereocenters. The highest BCUT2D eigenvalue weighted by atomic mass is 35.5. The van der Waals surface area contributed by atoms with E-state index in [1.54, 1.807) is 18.2 Å². The summed E-state index contributed by atoms with van der Waals surface area (Å²) in [5.74, 6) is -0.265. The standard InChI is InChI=1S/C16H9Cl3N2O3/c17-10-3-1-9(2-4-10)14-6-12(24-21-14)8-23-16(22)13-5-11(18)7-20-15(13)19/h1-7H,8H2. The fourth-order valence-corrected chi connectivity index (χ4v) is 2.38. The first-order chi connectivity index (χ1) is 11.5. The number of carbonyl (C=O) groups is 1. The van der Waals surface area contributed by atoms with Crippen molar-refractivity contribution in [3.8, 4) is 11.3 Å². The third-order valence-corrected chi connectivity index (χ3v) is 3.83. The largest absolute Gasteiger partial charge is 0.454 e. The zero-order valence-electron chi connectivity index (χ0n) is 12.0. The number of hydrogen-bond acceptors (Lipinski definition) is 5. The van der Waals surface area contributed by atoms with Gasteiger partial charge >= 0.3 is 5.97 Å². The van der Waals surface area contributed by atoms with E-state index in [1.165, 1.54) is 12.3 Å². The summed E-state index contributed by atoms with van der Waals surface area (Å²) in [6.07, 6.45) is 1.34. The highest BCUT2D eigenvalue weighted by Gasteiger charge is 2.15. The van der Waals surface area contributed by atoms with Crippen molar-refractivity contribution >= 4 is 40.8 Å². The minimum Gasteiger partial charge on any atom is -0.454 e. The number of benzene rings is 1. The Bertz CT molecular complexity index is 879. The SMILES string of the molecule is O=C(OCc1cc(-c2ccc(Cl)cc2)no1)c1cc(Cl)cnc1Cl. The summed E-state index contributed by atoms with van der Waals surface area (Å²) in [4.78, 5) is 15.8. The average molecular weight is 384 g/mol. The summed E-state index contributed by atoms with van der Waals surface area (Å²) in [6.45, 7) is -0.0950. The van der Waals surface area contributed by atoms with E-state index in [0.29, 0.717) is 16.5 Å². The van der Waals surface area contributed by atoms with Crippen LogP contribution in [0, 0.1) is 0 Å². The molecule has 0 unspecified atom stereocenters. The van der Waals surface area contributed by atoms with E-state index < -0.39 is 5.97 Å². The lowest BCUT2D eigenvalue weighted by atomic mass is 10.1. The Kier molecular flexibility index (Phi) is 5.04. The number of esters is 1. The lowest BCUT2D eigenvalue weighted by molar-refractivity contribution is 0.0437. The Morgan fingerprint density at radius 1 is 1.08 bits per heavy atom. The van der Waals surface area contributed by atoms with E-state index in [-0.39, 0.29) is 22.3 Å². The highest BCUT2D eigenvalue weighted by molar-refractivity contribution is 6.34. The second-order valence-electron chi connectivity index (χ2n) is 4.75. The van der Waals surface area contributed by atoms with E-state index >= 15 is 0 Å². The van der Waals surface area contributed by atoms with Crippen LogP contribution >= 0.6 is 34.8 Å². The molecule has 0 aliphatic carbocycles. The van der Waals surface area contributed by atoms with Crippen molar-refractivity contribution in [2.75, 3.05) is 0 Å². The number of ether oxygens (including phenoxy) is 1. The van der Waals surface area contributed by atoms with E-state index in [9.17, 15) is 4.79 Å². The van der Waals surface area contributed by atoms with Crippen LogP contribution in [0.2, 0.25) is 15.2 Å². The van der Waals surface area contributed by atoms with E-state index in [1.807, 2.05) is 12.1 Å². The Morgan fingerprint density at radius 3 is 2.58 bits per heavy atom. The Hall–Kier alpha value is -2.08. The van der Waals surface area contributed by atoms with Gasteiger partial charge in [0.2, 0.25) is 0 Å². The molecule has 122 valence electrons. The molecular formula is C16H9Cl3N2O3. The molecular weight excluding hydrogens is 375 g/mol. The van der Waals surface area contributed by atoms with Gasteiger partial charge in [0.05, 0.1) is 10.6 Å². The molecule has 0 fully saturated rings. The molecule has 8 heteroatoms. The van der Waals surface area contributed by atoms with Crippen LogP contribution in [0.3, 0.4) is 0 Å². The molecule has 2 aromatic heterocycles. The molecule has 0 bridgehead atoms. The average Bonchev–Trinajstić information content (AvgIpc) is 3.04. The molecule has 1 aromatic carbocycles. The van der Waals surface area contributed by atoms with Crippen molar-refractivity contribution in [3.05, 3.63) is 69.1 Å². The van der Waals surface area contributed by atoms with Crippen LogP contribution in [0.15, 0.2) is 47.1 Å². The van der Waals surface area contributed by atoms with Crippen LogP contribution in [0.25, 0.3) is 11.3 Å². The lowest BCUT2D eigenvalue weighted by Crippen LogP contribution is -2.06. The Labute approximate surface area is 152 Å². The fourth-order valence-electron chi connectivity index (χ4n) is 1.92. The van der Waals surface area contributed by atoms with Gasteiger partial charge in [-0.1, -0.05) is 52.1 Å². The van der Waals surface area contributed by atoms with Gasteiger partial charge in [-0.25, -0.2) is 9.78 Å². The maximum Gasteiger partial charge on any atom is 0.341 e. The summed E-state index contributed by atoms with van der Waals surface area (Å²) < 4.78 is 10.3. The van der Waals surface area contributed by atoms with Crippen LogP contribution in [0.1, 0.15) is 16.1 Å². The number of halogens is 3. The third-order valence-electron chi connectivity index (χ3n) is 3.07. The maximum absolute atomic E-state index is 12.0. The molecule has 24 heavy (non-hydrogen) atoms. The summed E-state index contributed by atoms with van der Waals surface area (Å²) in [5, 5.41) is 4.86. The van der Waals surface area contributed by atoms with Crippen molar-refractivity contribution in [1.82, 2.24) is 10.1 Å². The van der Waals surface area contributed by atoms with Gasteiger partial charge in [-0.05, 0) is 18.2 Å². The molecule has 2 heterocycles. The molecule has 0 spiro atoms. The van der Waals surface area contributed by atoms with Gasteiger partial charge in [-0.3, -0.25) is 0 Å². The molecule has 0 aliphatic heterocycles. The molecule has 0 saturated carbocycles. The van der Waals surface area contributed by atoms with Crippen molar-refractivity contribution in [1.29, 1.82) is 0 Å². The van der Waals surface area contributed by atoms with Gasteiger partial charge in [-0.15, -0.1) is 0 Å². The van der Waals surface area contributed by atoms with Crippen LogP contribution in [-0.4, -0.2) is 16.1 Å². The predicted molar refractivity (Wildman–Crippen MR) is 90.3 cm³/mol. The number of rotatable bonds is 4. The Balaban J connectivity index is 1.68. The van der Waals surface area contributed by atoms with Crippen molar-refractivity contribution in [2.45, 2.75) is 6.61 Å². The molecule has 5 nitrogen and oxygen atoms in total. The van der Waals surface area contributed by atoms with Gasteiger partial charge in [0, 0.05) is 22.8 Å². The summed E-state index contributed by atoms with van der Waals surface area (Å²) in [5.41, 5.74) is 1.53. The first kappa shape index (κ1) is 16.8. The Morgan fingerprint density at radius 2 is 1.83 bits per heavy atom. The number of hydrogen-bond donors (Lipinski definition) is 0. The summed E-state index contributed by atoms with van der Waals surface area (Å²) in [7, 11) is 0. The van der Waals surface area contributed by atoms with E-state index in [0.717, 1.165) is 5.56 Å². The van der Waals surface area contributed by atoms with Crippen LogP contribution < -0.4 is 0 Å². The quantitative estimate of drug-likeness (QED) is 0.466. The van der Waals surface area contributed by atoms with Gasteiger partial charge < -0.3 is 9.26 Å². The van der Waals surface area contributed by atoms with Crippen LogP contribution in [-0.2, 0) is 11.3 Å². The number of pyridine rings is 1. The second kappa shape index (κ2) is 7.21. The van der Waals surface area contributed by atoms with Gasteiger partial charge in [0.15, 0.2) is 12.4 Å². The number of carbonyl (C=O) groups excluding carboxylic acids is 1. The van der Waals surface area contributed by atoms with Crippen molar-refractivity contribution in [3.63, 3.8) is 0 Å². The first-order valence-corrected chi connectivity index (χ1v) is 7.86. The topological polar surface area (TPSA) is 65.2 Å². The highest BCUT2D eigenvalue weighted by Crippen LogP contribution is 2.22. The predicted octanol–water partition coefficient (Wildman–Crippen LogP) is 5.05. The minimum atomic E-state index is -0.653. The maximum atomic E-state index is 12.0. The first-order valence-electron chi connectivity index (χ1n) is 6.72. The van der Waals surface area contributed by atoms with E-state index in [4.69, 9.17) is 44.1 Å². The normalized spacial score (nSPS) is 10.6. The van der Waals surface area contributed by atoms with Gasteiger partial charge in [-0.2, -0.15) is 0 Å². The molecule has 0 aliphatic rings. The minimum absolute atomic E-state index is 0.0174. The van der Waals surface area contributed by atoms with Crippen molar-refractivity contribution in [2.24, 2.45) is 0 Å². The molecule has 0 saturated heterocycles. The monoisotopic (exact) mass is 382 g/mol.